The van der Waals surface area contributed by atoms with E-state index in [0.29, 0.717) is 11.6 Å². The first kappa shape index (κ1) is 11.5. The van der Waals surface area contributed by atoms with Crippen LogP contribution >= 0.6 is 0 Å². The van der Waals surface area contributed by atoms with Crippen LogP contribution in [-0.4, -0.2) is 11.0 Å². The van der Waals surface area contributed by atoms with E-state index in [4.69, 9.17) is 5.26 Å². The van der Waals surface area contributed by atoms with Gasteiger partial charge in [-0.15, -0.1) is 0 Å². The maximum atomic E-state index is 8.62. The zero-order chi connectivity index (χ0) is 11.1. The van der Waals surface area contributed by atoms with Gasteiger partial charge in [-0.3, -0.25) is 0 Å². The summed E-state index contributed by atoms with van der Waals surface area (Å²) in [5.41, 5.74) is 0.599. The molecule has 3 heteroatoms. The van der Waals surface area contributed by atoms with Crippen LogP contribution in [0.5, 0.6) is 0 Å². The van der Waals surface area contributed by atoms with Gasteiger partial charge in [0.2, 0.25) is 0 Å². The molecule has 1 aromatic heterocycles. The van der Waals surface area contributed by atoms with Crippen molar-refractivity contribution < 1.29 is 0 Å². The molecule has 1 aromatic rings. The van der Waals surface area contributed by atoms with Crippen molar-refractivity contribution in [2.24, 2.45) is 0 Å². The first-order valence-corrected chi connectivity index (χ1v) is 5.39. The Labute approximate surface area is 91.1 Å². The molecule has 1 N–H and O–H groups in total. The smallest absolute Gasteiger partial charge is 0.126 e. The number of pyridine rings is 1. The molecule has 0 radical (unpaired) electrons. The number of unbranched alkanes of at least 4 members (excludes halogenated alkanes) is 1. The number of anilines is 1. The Morgan fingerprint density at radius 2 is 2.33 bits per heavy atom. The van der Waals surface area contributed by atoms with E-state index >= 15 is 0 Å². The van der Waals surface area contributed by atoms with E-state index in [9.17, 15) is 0 Å². The summed E-state index contributed by atoms with van der Waals surface area (Å²) >= 11 is 0. The first-order chi connectivity index (χ1) is 7.26. The van der Waals surface area contributed by atoms with E-state index in [1.165, 1.54) is 12.8 Å². The van der Waals surface area contributed by atoms with Crippen molar-refractivity contribution in [2.45, 2.75) is 39.2 Å². The van der Waals surface area contributed by atoms with Gasteiger partial charge in [-0.05, 0) is 25.5 Å². The minimum absolute atomic E-state index is 0.436. The van der Waals surface area contributed by atoms with E-state index in [1.807, 2.05) is 6.07 Å². The van der Waals surface area contributed by atoms with Crippen molar-refractivity contribution in [3.63, 3.8) is 0 Å². The van der Waals surface area contributed by atoms with Crippen LogP contribution in [0.2, 0.25) is 0 Å². The van der Waals surface area contributed by atoms with E-state index in [-0.39, 0.29) is 0 Å². The van der Waals surface area contributed by atoms with Crippen molar-refractivity contribution >= 4 is 5.82 Å². The minimum atomic E-state index is 0.436. The van der Waals surface area contributed by atoms with Gasteiger partial charge < -0.3 is 5.32 Å². The molecule has 0 amide bonds. The fourth-order valence-electron chi connectivity index (χ4n) is 1.38. The normalized spacial score (nSPS) is 11.8. The van der Waals surface area contributed by atoms with Crippen LogP contribution < -0.4 is 5.32 Å². The molecule has 0 saturated heterocycles. The maximum absolute atomic E-state index is 8.62. The van der Waals surface area contributed by atoms with Gasteiger partial charge in [-0.25, -0.2) is 4.98 Å². The van der Waals surface area contributed by atoms with E-state index in [2.05, 4.69) is 30.2 Å². The van der Waals surface area contributed by atoms with Crippen LogP contribution in [-0.2, 0) is 0 Å². The maximum Gasteiger partial charge on any atom is 0.126 e. The average molecular weight is 203 g/mol. The predicted octanol–water partition coefficient (Wildman–Crippen LogP) is 2.94. The van der Waals surface area contributed by atoms with Crippen LogP contribution in [0, 0.1) is 11.3 Å². The van der Waals surface area contributed by atoms with Crippen molar-refractivity contribution in [2.75, 3.05) is 5.32 Å². The van der Waals surface area contributed by atoms with Crippen LogP contribution in [0.3, 0.4) is 0 Å². The molecular formula is C12H17N3. The lowest BCUT2D eigenvalue weighted by Crippen LogP contribution is -2.15. The van der Waals surface area contributed by atoms with Gasteiger partial charge in [-0.1, -0.05) is 19.8 Å². The molecule has 1 heterocycles. The zero-order valence-electron chi connectivity index (χ0n) is 9.33. The van der Waals surface area contributed by atoms with Gasteiger partial charge in [0.15, 0.2) is 0 Å². The number of aromatic nitrogens is 1. The highest BCUT2D eigenvalue weighted by Gasteiger charge is 2.01. The highest BCUT2D eigenvalue weighted by Crippen LogP contribution is 2.09. The van der Waals surface area contributed by atoms with Crippen molar-refractivity contribution in [1.82, 2.24) is 4.98 Å². The summed E-state index contributed by atoms with van der Waals surface area (Å²) < 4.78 is 0. The van der Waals surface area contributed by atoms with Crippen LogP contribution in [0.25, 0.3) is 0 Å². The Hall–Kier alpha value is -1.56. The molecule has 0 aliphatic heterocycles. The molecule has 0 aliphatic carbocycles. The summed E-state index contributed by atoms with van der Waals surface area (Å²) in [6.45, 7) is 4.34. The predicted molar refractivity (Wildman–Crippen MR) is 61.6 cm³/mol. The molecule has 0 bridgehead atoms. The lowest BCUT2D eigenvalue weighted by Gasteiger charge is -2.13. The van der Waals surface area contributed by atoms with Gasteiger partial charge in [0.1, 0.15) is 11.9 Å². The molecule has 0 aromatic carbocycles. The topological polar surface area (TPSA) is 48.7 Å². The lowest BCUT2D eigenvalue weighted by molar-refractivity contribution is 0.643. The van der Waals surface area contributed by atoms with E-state index in [1.54, 1.807) is 12.3 Å². The molecule has 1 atom stereocenters. The van der Waals surface area contributed by atoms with E-state index in [0.717, 1.165) is 12.2 Å². The van der Waals surface area contributed by atoms with Crippen molar-refractivity contribution in [1.29, 1.82) is 5.26 Å². The third kappa shape index (κ3) is 3.99. The number of nitrogens with zero attached hydrogens (tertiary/aromatic N) is 2. The SMILES string of the molecule is CCCCC(C)Nc1ccc(C#N)cn1. The standard InChI is InChI=1S/C12H17N3/c1-3-4-5-10(2)15-12-7-6-11(8-13)9-14-12/h6-7,9-10H,3-5H2,1-2H3,(H,14,15). The summed E-state index contributed by atoms with van der Waals surface area (Å²) in [6, 6.07) is 6.11. The second kappa shape index (κ2) is 6.02. The van der Waals surface area contributed by atoms with Gasteiger partial charge >= 0.3 is 0 Å². The summed E-state index contributed by atoms with van der Waals surface area (Å²) in [5, 5.41) is 11.9. The second-order valence-corrected chi connectivity index (χ2v) is 3.73. The molecule has 0 aliphatic rings. The van der Waals surface area contributed by atoms with E-state index < -0.39 is 0 Å². The average Bonchev–Trinajstić information content (AvgIpc) is 2.27. The minimum Gasteiger partial charge on any atom is -0.368 e. The molecular weight excluding hydrogens is 186 g/mol. The summed E-state index contributed by atoms with van der Waals surface area (Å²) in [7, 11) is 0. The number of hydrogen-bond acceptors (Lipinski definition) is 3. The lowest BCUT2D eigenvalue weighted by atomic mass is 10.1. The second-order valence-electron chi connectivity index (χ2n) is 3.73. The monoisotopic (exact) mass is 203 g/mol. The number of nitriles is 1. The third-order valence-electron chi connectivity index (χ3n) is 2.28. The Morgan fingerprint density at radius 1 is 1.53 bits per heavy atom. The number of rotatable bonds is 5. The molecule has 0 fully saturated rings. The highest BCUT2D eigenvalue weighted by atomic mass is 15.0. The Morgan fingerprint density at radius 3 is 2.87 bits per heavy atom. The van der Waals surface area contributed by atoms with Gasteiger partial charge in [0.25, 0.3) is 0 Å². The van der Waals surface area contributed by atoms with Gasteiger partial charge in [0.05, 0.1) is 5.56 Å². The summed E-state index contributed by atoms with van der Waals surface area (Å²) in [5.74, 6) is 0.845. The zero-order valence-corrected chi connectivity index (χ0v) is 9.33. The third-order valence-corrected chi connectivity index (χ3v) is 2.28. The Balaban J connectivity index is 2.47. The number of hydrogen-bond donors (Lipinski definition) is 1. The molecule has 3 nitrogen and oxygen atoms in total. The molecule has 0 spiro atoms. The van der Waals surface area contributed by atoms with Gasteiger partial charge in [0, 0.05) is 12.2 Å². The quantitative estimate of drug-likeness (QED) is 0.800. The molecule has 0 saturated carbocycles. The molecule has 1 rings (SSSR count). The van der Waals surface area contributed by atoms with Gasteiger partial charge in [-0.2, -0.15) is 5.26 Å². The van der Waals surface area contributed by atoms with Crippen LogP contribution in [0.1, 0.15) is 38.7 Å². The molecule has 15 heavy (non-hydrogen) atoms. The number of nitrogens with one attached hydrogen (secondary N) is 1. The van der Waals surface area contributed by atoms with Crippen LogP contribution in [0.4, 0.5) is 5.82 Å². The summed E-state index contributed by atoms with van der Waals surface area (Å²) in [4.78, 5) is 4.16. The summed E-state index contributed by atoms with van der Waals surface area (Å²) in [6.07, 6.45) is 5.18. The fourth-order valence-corrected chi connectivity index (χ4v) is 1.38. The molecule has 1 unspecified atom stereocenters. The van der Waals surface area contributed by atoms with Crippen LogP contribution in [0.15, 0.2) is 18.3 Å². The highest BCUT2D eigenvalue weighted by molar-refractivity contribution is 5.39. The Bertz CT molecular complexity index is 324. The largest absolute Gasteiger partial charge is 0.368 e. The first-order valence-electron chi connectivity index (χ1n) is 5.39. The van der Waals surface area contributed by atoms with Crippen molar-refractivity contribution in [3.05, 3.63) is 23.9 Å². The fraction of sp³-hybridized carbons (Fsp3) is 0.500. The molecule has 80 valence electrons. The van der Waals surface area contributed by atoms with Crippen molar-refractivity contribution in [3.8, 4) is 6.07 Å². The Kier molecular flexibility index (Phi) is 4.62.